The van der Waals surface area contributed by atoms with Gasteiger partial charge in [-0.15, -0.1) is 0 Å². The van der Waals surface area contributed by atoms with E-state index < -0.39 is 11.9 Å². The summed E-state index contributed by atoms with van der Waals surface area (Å²) in [5.74, 6) is -1.93. The Bertz CT molecular complexity index is 748. The summed E-state index contributed by atoms with van der Waals surface area (Å²) in [5.41, 5.74) is 0.850. The molecular formula is C22H32FN3O5. The molecule has 0 spiro atoms. The van der Waals surface area contributed by atoms with Crippen molar-refractivity contribution in [1.82, 2.24) is 15.1 Å². The Morgan fingerprint density at radius 1 is 1.06 bits per heavy atom. The quantitative estimate of drug-likeness (QED) is 0.668. The van der Waals surface area contributed by atoms with Crippen LogP contribution in [0.1, 0.15) is 57.1 Å². The Kier molecular flexibility index (Phi) is 9.71. The number of benzene rings is 1. The van der Waals surface area contributed by atoms with Gasteiger partial charge in [0.05, 0.1) is 12.6 Å². The molecule has 9 heteroatoms. The molecule has 8 nitrogen and oxygen atoms in total. The van der Waals surface area contributed by atoms with Crippen molar-refractivity contribution in [3.05, 3.63) is 35.6 Å². The fraction of sp³-hybridized carbons (Fsp3) is 0.591. The maximum absolute atomic E-state index is 13.7. The fourth-order valence-corrected chi connectivity index (χ4v) is 4.10. The molecule has 2 aliphatic heterocycles. The standard InChI is InChI=1S/C20H28FN3O3.C2H4O2/c21-16-6-4-5-15(13-16)18-7-2-1-3-10-24(18)20(27)22-17-8-11-23(12-9-17)14-19(25)26;1-2(3)4/h4-6,13,17-18H,1-3,7-12,14H2,(H,22,27)(H,25,26);1H3,(H,3,4). The van der Waals surface area contributed by atoms with Crippen LogP contribution in [0.15, 0.2) is 24.3 Å². The number of carbonyl (C=O) groups is 3. The molecule has 2 fully saturated rings. The number of hydrogen-bond acceptors (Lipinski definition) is 4. The Hall–Kier alpha value is -2.68. The Morgan fingerprint density at radius 3 is 2.35 bits per heavy atom. The Morgan fingerprint density at radius 2 is 1.74 bits per heavy atom. The van der Waals surface area contributed by atoms with Crippen LogP contribution in [0.4, 0.5) is 9.18 Å². The minimum absolute atomic E-state index is 0.0500. The van der Waals surface area contributed by atoms with Gasteiger partial charge >= 0.3 is 12.0 Å². The molecule has 0 bridgehead atoms. The first-order chi connectivity index (χ1) is 14.8. The maximum atomic E-state index is 13.7. The van der Waals surface area contributed by atoms with Gasteiger partial charge in [0.25, 0.3) is 5.97 Å². The van der Waals surface area contributed by atoms with Gasteiger partial charge in [0.2, 0.25) is 0 Å². The van der Waals surface area contributed by atoms with Gasteiger partial charge in [0.15, 0.2) is 0 Å². The number of amides is 2. The first-order valence-corrected chi connectivity index (χ1v) is 10.7. The van der Waals surface area contributed by atoms with E-state index in [1.54, 1.807) is 6.07 Å². The van der Waals surface area contributed by atoms with Crippen molar-refractivity contribution in [2.75, 3.05) is 26.2 Å². The highest BCUT2D eigenvalue weighted by Crippen LogP contribution is 2.30. The van der Waals surface area contributed by atoms with Gasteiger partial charge in [-0.05, 0) is 43.4 Å². The van der Waals surface area contributed by atoms with Crippen molar-refractivity contribution in [1.29, 1.82) is 0 Å². The second kappa shape index (κ2) is 12.2. The number of nitrogens with zero attached hydrogens (tertiary/aromatic N) is 2. The second-order valence-electron chi connectivity index (χ2n) is 8.03. The van der Waals surface area contributed by atoms with Gasteiger partial charge in [0, 0.05) is 32.6 Å². The van der Waals surface area contributed by atoms with Gasteiger partial charge in [-0.3, -0.25) is 14.5 Å². The van der Waals surface area contributed by atoms with Crippen molar-refractivity contribution >= 4 is 18.0 Å². The van der Waals surface area contributed by atoms with Crippen LogP contribution in [-0.4, -0.2) is 70.2 Å². The number of carbonyl (C=O) groups excluding carboxylic acids is 1. The van der Waals surface area contributed by atoms with E-state index in [1.807, 2.05) is 15.9 Å². The van der Waals surface area contributed by atoms with E-state index in [9.17, 15) is 14.0 Å². The van der Waals surface area contributed by atoms with E-state index in [4.69, 9.17) is 15.0 Å². The van der Waals surface area contributed by atoms with Crippen LogP contribution in [0.2, 0.25) is 0 Å². The number of nitrogens with one attached hydrogen (secondary N) is 1. The topological polar surface area (TPSA) is 110 Å². The summed E-state index contributed by atoms with van der Waals surface area (Å²) < 4.78 is 13.7. The van der Waals surface area contributed by atoms with Crippen molar-refractivity contribution in [2.24, 2.45) is 0 Å². The average Bonchev–Trinajstić information content (AvgIpc) is 2.95. The highest BCUT2D eigenvalue weighted by Gasteiger charge is 2.29. The van der Waals surface area contributed by atoms with Gasteiger partial charge in [-0.25, -0.2) is 9.18 Å². The lowest BCUT2D eigenvalue weighted by atomic mass is 10.0. The molecule has 0 aromatic heterocycles. The monoisotopic (exact) mass is 437 g/mol. The van der Waals surface area contributed by atoms with Crippen molar-refractivity contribution < 1.29 is 29.0 Å². The molecule has 3 N–H and O–H groups in total. The van der Waals surface area contributed by atoms with Crippen LogP contribution < -0.4 is 5.32 Å². The van der Waals surface area contributed by atoms with Gasteiger partial charge in [0.1, 0.15) is 5.82 Å². The molecule has 2 saturated heterocycles. The smallest absolute Gasteiger partial charge is 0.318 e. The number of urea groups is 1. The zero-order valence-electron chi connectivity index (χ0n) is 17.9. The maximum Gasteiger partial charge on any atom is 0.318 e. The molecule has 172 valence electrons. The zero-order chi connectivity index (χ0) is 22.8. The van der Waals surface area contributed by atoms with E-state index in [0.717, 1.165) is 51.0 Å². The summed E-state index contributed by atoms with van der Waals surface area (Å²) in [6.07, 6.45) is 5.39. The highest BCUT2D eigenvalue weighted by molar-refractivity contribution is 5.75. The van der Waals surface area contributed by atoms with E-state index >= 15 is 0 Å². The number of likely N-dealkylation sites (tertiary alicyclic amines) is 2. The van der Waals surface area contributed by atoms with Crippen molar-refractivity contribution in [3.8, 4) is 0 Å². The molecular weight excluding hydrogens is 405 g/mol. The number of aliphatic carboxylic acids is 2. The minimum Gasteiger partial charge on any atom is -0.481 e. The second-order valence-corrected chi connectivity index (χ2v) is 8.03. The Labute approximate surface area is 182 Å². The molecule has 0 aliphatic carbocycles. The molecule has 2 heterocycles. The van der Waals surface area contributed by atoms with Crippen LogP contribution in [0.3, 0.4) is 0 Å². The summed E-state index contributed by atoms with van der Waals surface area (Å²) in [5, 5.41) is 19.4. The van der Waals surface area contributed by atoms with Crippen molar-refractivity contribution in [3.63, 3.8) is 0 Å². The van der Waals surface area contributed by atoms with Crippen LogP contribution in [-0.2, 0) is 9.59 Å². The predicted octanol–water partition coefficient (Wildman–Crippen LogP) is 3.09. The molecule has 31 heavy (non-hydrogen) atoms. The van der Waals surface area contributed by atoms with E-state index in [2.05, 4.69) is 5.32 Å². The normalized spacial score (nSPS) is 20.2. The van der Waals surface area contributed by atoms with E-state index in [-0.39, 0.29) is 30.5 Å². The first kappa shape index (κ1) is 24.6. The lowest BCUT2D eigenvalue weighted by molar-refractivity contribution is -0.138. The Balaban J connectivity index is 0.000000785. The summed E-state index contributed by atoms with van der Waals surface area (Å²) in [7, 11) is 0. The lowest BCUT2D eigenvalue weighted by Crippen LogP contribution is -2.50. The third kappa shape index (κ3) is 8.53. The third-order valence-corrected chi connectivity index (χ3v) is 5.52. The largest absolute Gasteiger partial charge is 0.481 e. The summed E-state index contributed by atoms with van der Waals surface area (Å²) in [4.78, 5) is 36.5. The fourth-order valence-electron chi connectivity index (χ4n) is 4.10. The number of carboxylic acids is 2. The van der Waals surface area contributed by atoms with E-state index in [0.29, 0.717) is 19.6 Å². The summed E-state index contributed by atoms with van der Waals surface area (Å²) >= 11 is 0. The molecule has 1 aromatic rings. The summed E-state index contributed by atoms with van der Waals surface area (Å²) in [6.45, 7) is 3.15. The van der Waals surface area contributed by atoms with Crippen LogP contribution in [0, 0.1) is 5.82 Å². The third-order valence-electron chi connectivity index (χ3n) is 5.52. The van der Waals surface area contributed by atoms with Crippen LogP contribution >= 0.6 is 0 Å². The van der Waals surface area contributed by atoms with Gasteiger partial charge < -0.3 is 20.4 Å². The predicted molar refractivity (Wildman–Crippen MR) is 113 cm³/mol. The number of hydrogen-bond donors (Lipinski definition) is 3. The first-order valence-electron chi connectivity index (χ1n) is 10.7. The van der Waals surface area contributed by atoms with E-state index in [1.165, 1.54) is 12.1 Å². The molecule has 0 radical (unpaired) electrons. The molecule has 0 saturated carbocycles. The number of halogens is 1. The summed E-state index contributed by atoms with van der Waals surface area (Å²) in [6, 6.07) is 6.40. The number of piperidine rings is 1. The van der Waals surface area contributed by atoms with Crippen LogP contribution in [0.5, 0.6) is 0 Å². The lowest BCUT2D eigenvalue weighted by Gasteiger charge is -2.35. The molecule has 1 atom stereocenters. The number of rotatable bonds is 4. The van der Waals surface area contributed by atoms with Crippen LogP contribution in [0.25, 0.3) is 0 Å². The molecule has 3 rings (SSSR count). The molecule has 2 aliphatic rings. The minimum atomic E-state index is -0.833. The molecule has 1 aromatic carbocycles. The zero-order valence-corrected chi connectivity index (χ0v) is 17.9. The molecule has 2 amide bonds. The van der Waals surface area contributed by atoms with Crippen molar-refractivity contribution in [2.45, 2.75) is 57.5 Å². The molecule has 1 unspecified atom stereocenters. The average molecular weight is 438 g/mol. The van der Waals surface area contributed by atoms with Gasteiger partial charge in [-0.1, -0.05) is 25.0 Å². The SMILES string of the molecule is CC(=O)O.O=C(O)CN1CCC(NC(=O)N2CCCCCC2c2cccc(F)c2)CC1. The number of carboxylic acid groups (broad SMARTS) is 2. The van der Waals surface area contributed by atoms with Gasteiger partial charge in [-0.2, -0.15) is 0 Å². The highest BCUT2D eigenvalue weighted by atomic mass is 19.1.